The Morgan fingerprint density at radius 3 is 1.46 bits per heavy atom. The lowest BCUT2D eigenvalue weighted by molar-refractivity contribution is -0.121. The van der Waals surface area contributed by atoms with Crippen molar-refractivity contribution in [3.8, 4) is 23.7 Å². The summed E-state index contributed by atoms with van der Waals surface area (Å²) >= 11 is 2.73. The standard InChI is InChI=1S/C55H80N2O11S2Si/c1-15-30-46(65-40-60-10)54(6,7)48(34-28-24-20-22-26-32-42(62-12)36-50-56-44(38-69-50)52(58)64-14)67-53(59)45-39-70-51(57-45)37-43(63-13)33-27-23-21-25-29-35-49(68-71(17-3,18-4)19-5)55(8,9)47(31-16-2)66-41-61-11/h15-16,24-33,38-39,42-43,46-49H,17-19,34-37,40-41H2,1-14H3/b28-24-,29-25-,30-15+,31-16+,32-26+,33-27+/t42-,43-,46-,47-,48-,49-/m0/s1. The molecule has 13 nitrogen and oxygen atoms in total. The first-order valence-corrected chi connectivity index (χ1v) is 28.4. The molecule has 0 bridgehead atoms. The highest BCUT2D eigenvalue weighted by Gasteiger charge is 2.42. The predicted molar refractivity (Wildman–Crippen MR) is 288 cm³/mol. The molecule has 0 aromatic carbocycles. The number of aromatic nitrogens is 2. The maximum absolute atomic E-state index is 13.8. The number of ether oxygens (including phenoxy) is 8. The number of hydrogen-bond donors (Lipinski definition) is 0. The second-order valence-corrected chi connectivity index (χ2v) is 24.3. The summed E-state index contributed by atoms with van der Waals surface area (Å²) < 4.78 is 52.1. The lowest BCUT2D eigenvalue weighted by Gasteiger charge is -2.44. The first kappa shape index (κ1) is 62.8. The Labute approximate surface area is 434 Å². The molecule has 0 saturated heterocycles. The van der Waals surface area contributed by atoms with E-state index >= 15 is 0 Å². The molecule has 0 amide bonds. The summed E-state index contributed by atoms with van der Waals surface area (Å²) in [4.78, 5) is 34.5. The predicted octanol–water partition coefficient (Wildman–Crippen LogP) is 11.3. The van der Waals surface area contributed by atoms with Gasteiger partial charge in [0.15, 0.2) is 19.7 Å². The third-order valence-corrected chi connectivity index (χ3v) is 18.7. The second kappa shape index (κ2) is 34.2. The van der Waals surface area contributed by atoms with Crippen LogP contribution in [0.25, 0.3) is 0 Å². The molecule has 2 rings (SSSR count). The van der Waals surface area contributed by atoms with Gasteiger partial charge >= 0.3 is 11.9 Å². The van der Waals surface area contributed by atoms with Crippen molar-refractivity contribution in [1.29, 1.82) is 0 Å². The normalized spacial score (nSPS) is 15.3. The van der Waals surface area contributed by atoms with Crippen molar-refractivity contribution in [3.63, 3.8) is 0 Å². The van der Waals surface area contributed by atoms with Crippen molar-refractivity contribution in [1.82, 2.24) is 9.97 Å². The van der Waals surface area contributed by atoms with E-state index in [0.717, 1.165) is 23.1 Å². The van der Waals surface area contributed by atoms with Gasteiger partial charge in [-0.15, -0.1) is 22.7 Å². The number of nitrogens with zero attached hydrogens (tertiary/aromatic N) is 2. The Morgan fingerprint density at radius 2 is 1.06 bits per heavy atom. The lowest BCUT2D eigenvalue weighted by atomic mass is 9.78. The molecule has 71 heavy (non-hydrogen) atoms. The number of carbonyl (C=O) groups excluding carboxylic acids is 2. The zero-order valence-corrected chi connectivity index (χ0v) is 47.2. The summed E-state index contributed by atoms with van der Waals surface area (Å²) in [6.45, 7) is 19.3. The Balaban J connectivity index is 2.20. The van der Waals surface area contributed by atoms with Gasteiger partial charge in [0.25, 0.3) is 0 Å². The van der Waals surface area contributed by atoms with E-state index in [9.17, 15) is 9.59 Å². The van der Waals surface area contributed by atoms with E-state index in [2.05, 4.69) is 80.4 Å². The van der Waals surface area contributed by atoms with E-state index in [1.54, 1.807) is 57.4 Å². The molecule has 2 heterocycles. The van der Waals surface area contributed by atoms with Gasteiger partial charge in [0.1, 0.15) is 19.7 Å². The van der Waals surface area contributed by atoms with Gasteiger partial charge in [-0.05, 0) is 74.9 Å². The zero-order chi connectivity index (χ0) is 52.7. The van der Waals surface area contributed by atoms with Crippen molar-refractivity contribution < 1.29 is 51.9 Å². The van der Waals surface area contributed by atoms with Gasteiger partial charge in [-0.3, -0.25) is 0 Å². The highest BCUT2D eigenvalue weighted by Crippen LogP contribution is 2.38. The monoisotopic (exact) mass is 1040 g/mol. The number of rotatable bonds is 32. The maximum atomic E-state index is 13.8. The fourth-order valence-electron chi connectivity index (χ4n) is 7.44. The minimum absolute atomic E-state index is 0.0639. The third-order valence-electron chi connectivity index (χ3n) is 12.3. The largest absolute Gasteiger partial charge is 0.464 e. The van der Waals surface area contributed by atoms with Gasteiger partial charge < -0.3 is 42.3 Å². The van der Waals surface area contributed by atoms with Crippen LogP contribution in [0.4, 0.5) is 0 Å². The molecule has 16 heteroatoms. The van der Waals surface area contributed by atoms with Crippen LogP contribution in [0.2, 0.25) is 18.1 Å². The fraction of sp³-hybridized carbons (Fsp3) is 0.564. The van der Waals surface area contributed by atoms with Crippen LogP contribution >= 0.6 is 22.7 Å². The highest BCUT2D eigenvalue weighted by molar-refractivity contribution is 7.10. The first-order chi connectivity index (χ1) is 34.1. The van der Waals surface area contributed by atoms with Crippen molar-refractivity contribution in [3.05, 3.63) is 105 Å². The molecule has 0 saturated carbocycles. The van der Waals surface area contributed by atoms with Crippen LogP contribution in [0.15, 0.2) is 83.7 Å². The molecular weight excluding hydrogens is 957 g/mol. The number of carbonyl (C=O) groups is 2. The van der Waals surface area contributed by atoms with Crippen LogP contribution in [0.5, 0.6) is 0 Å². The van der Waals surface area contributed by atoms with Crippen LogP contribution in [0.1, 0.15) is 106 Å². The molecule has 0 aliphatic heterocycles. The molecule has 0 fully saturated rings. The molecule has 0 aliphatic rings. The van der Waals surface area contributed by atoms with Gasteiger partial charge in [0.2, 0.25) is 0 Å². The topological polar surface area (TPSA) is 143 Å². The molecular formula is C55H80N2O11S2Si. The van der Waals surface area contributed by atoms with E-state index in [1.807, 2.05) is 70.2 Å². The summed E-state index contributed by atoms with van der Waals surface area (Å²) in [6, 6.07) is 3.16. The lowest BCUT2D eigenvalue weighted by Crippen LogP contribution is -2.49. The molecule has 0 spiro atoms. The fourth-order valence-corrected chi connectivity index (χ4v) is 12.1. The van der Waals surface area contributed by atoms with Gasteiger partial charge in [0.05, 0.1) is 47.6 Å². The van der Waals surface area contributed by atoms with E-state index in [0.29, 0.717) is 30.7 Å². The van der Waals surface area contributed by atoms with E-state index in [-0.39, 0.29) is 54.8 Å². The van der Waals surface area contributed by atoms with Gasteiger partial charge in [-0.2, -0.15) is 0 Å². The van der Waals surface area contributed by atoms with Crippen LogP contribution in [-0.4, -0.2) is 116 Å². The van der Waals surface area contributed by atoms with E-state index in [1.165, 1.54) is 29.8 Å². The minimum Gasteiger partial charge on any atom is -0.464 e. The number of thiazole rings is 2. The molecule has 2 aromatic rings. The van der Waals surface area contributed by atoms with Gasteiger partial charge in [-0.25, -0.2) is 19.6 Å². The molecule has 0 N–H and O–H groups in total. The average Bonchev–Trinajstić information content (AvgIpc) is 4.05. The number of esters is 2. The molecule has 0 aliphatic carbocycles. The number of hydrogen-bond acceptors (Lipinski definition) is 15. The summed E-state index contributed by atoms with van der Waals surface area (Å²) in [6.07, 6.45) is 22.7. The van der Waals surface area contributed by atoms with Crippen molar-refractivity contribution in [2.75, 3.05) is 49.1 Å². The summed E-state index contributed by atoms with van der Waals surface area (Å²) in [5.41, 5.74) is -0.547. The maximum Gasteiger partial charge on any atom is 0.358 e. The zero-order valence-electron chi connectivity index (χ0n) is 44.6. The van der Waals surface area contributed by atoms with Crippen LogP contribution in [0.3, 0.4) is 0 Å². The number of allylic oxidation sites excluding steroid dienone is 6. The minimum atomic E-state index is -1.94. The molecule has 0 unspecified atom stereocenters. The molecule has 2 aromatic heterocycles. The van der Waals surface area contributed by atoms with Crippen molar-refractivity contribution >= 4 is 42.9 Å². The van der Waals surface area contributed by atoms with Gasteiger partial charge in [-0.1, -0.05) is 109 Å². The average molecular weight is 1040 g/mol. The quantitative estimate of drug-likeness (QED) is 0.0226. The van der Waals surface area contributed by atoms with E-state index in [4.69, 9.17) is 42.3 Å². The SMILES string of the molecule is C/C=C/[C@H](OCOC)C(C)(C)[C@H](C/C=C\C#C/C=C/[C@@H](Cc1nc(C(=O)OC)cs1)OC)OC(=O)c1csc(C[C@H](/C=C/C#C/C=C\C[C@H](O[Si](CC)(CC)CC)C(C)(C)[C@H](/C=C/C)OCOC)OC)n1. The van der Waals surface area contributed by atoms with Gasteiger partial charge in [0, 0.05) is 69.3 Å². The molecule has 392 valence electrons. The van der Waals surface area contributed by atoms with Crippen molar-refractivity contribution in [2.45, 2.75) is 143 Å². The Kier molecular flexibility index (Phi) is 30.2. The van der Waals surface area contributed by atoms with Crippen LogP contribution < -0.4 is 0 Å². The summed E-state index contributed by atoms with van der Waals surface area (Å²) in [5.74, 6) is 11.2. The first-order valence-electron chi connectivity index (χ1n) is 24.1. The Bertz CT molecular complexity index is 2170. The second-order valence-electron chi connectivity index (χ2n) is 17.7. The van der Waals surface area contributed by atoms with Crippen molar-refractivity contribution in [2.24, 2.45) is 10.8 Å². The Morgan fingerprint density at radius 1 is 0.634 bits per heavy atom. The van der Waals surface area contributed by atoms with Crippen LogP contribution in [-0.2, 0) is 55.2 Å². The smallest absolute Gasteiger partial charge is 0.358 e. The summed E-state index contributed by atoms with van der Waals surface area (Å²) in [5, 5.41) is 4.83. The molecule has 0 radical (unpaired) electrons. The highest BCUT2D eigenvalue weighted by atomic mass is 32.1. The van der Waals surface area contributed by atoms with Crippen LogP contribution in [0, 0.1) is 34.5 Å². The molecule has 6 atom stereocenters. The van der Waals surface area contributed by atoms with E-state index < -0.39 is 37.9 Å². The summed E-state index contributed by atoms with van der Waals surface area (Å²) in [7, 11) is 5.81. The number of methoxy groups -OCH3 is 5. The third kappa shape index (κ3) is 21.4. The Hall–Kier alpha value is -4.30.